The van der Waals surface area contributed by atoms with Crippen LogP contribution in [-0.4, -0.2) is 42.8 Å². The Labute approximate surface area is 173 Å². The number of halogens is 1. The van der Waals surface area contributed by atoms with Gasteiger partial charge in [-0.1, -0.05) is 18.2 Å². The van der Waals surface area contributed by atoms with Gasteiger partial charge in [0.2, 0.25) is 0 Å². The van der Waals surface area contributed by atoms with Gasteiger partial charge in [-0.2, -0.15) is 0 Å². The topological polar surface area (TPSA) is 63.5 Å². The number of nitrogens with one attached hydrogen (secondary N) is 2. The molecule has 0 amide bonds. The summed E-state index contributed by atoms with van der Waals surface area (Å²) in [7, 11) is 3.51. The van der Waals surface area contributed by atoms with E-state index < -0.39 is 0 Å². The highest BCUT2D eigenvalue weighted by atomic mass is 127. The van der Waals surface area contributed by atoms with E-state index in [1.165, 1.54) is 5.56 Å². The van der Waals surface area contributed by atoms with Gasteiger partial charge in [0.15, 0.2) is 5.96 Å². The number of rotatable bonds is 9. The van der Waals surface area contributed by atoms with E-state index in [1.54, 1.807) is 14.2 Å². The van der Waals surface area contributed by atoms with Crippen molar-refractivity contribution in [2.45, 2.75) is 32.7 Å². The number of para-hydroxylation sites is 1. The van der Waals surface area contributed by atoms with Gasteiger partial charge in [0, 0.05) is 39.1 Å². The number of aromatic nitrogens is 2. The van der Waals surface area contributed by atoms with Crippen molar-refractivity contribution in [1.82, 2.24) is 20.2 Å². The molecule has 1 heterocycles. The molecule has 0 unspecified atom stereocenters. The molecule has 26 heavy (non-hydrogen) atoms. The number of guanidine groups is 1. The summed E-state index contributed by atoms with van der Waals surface area (Å²) in [5.41, 5.74) is 1.20. The lowest BCUT2D eigenvalue weighted by molar-refractivity contribution is 0.409. The molecule has 6 nitrogen and oxygen atoms in total. The predicted octanol–water partition coefficient (Wildman–Crippen LogP) is 3.01. The second kappa shape index (κ2) is 12.6. The number of hydrogen-bond donors (Lipinski definition) is 2. The zero-order valence-electron chi connectivity index (χ0n) is 15.9. The summed E-state index contributed by atoms with van der Waals surface area (Å²) in [4.78, 5) is 8.51. The molecular formula is C19H30IN5O. The third kappa shape index (κ3) is 7.23. The van der Waals surface area contributed by atoms with Crippen LogP contribution in [0.1, 0.15) is 24.2 Å². The first-order valence-corrected chi connectivity index (χ1v) is 8.78. The molecule has 0 fully saturated rings. The maximum atomic E-state index is 5.38. The Kier molecular flexibility index (Phi) is 10.8. The van der Waals surface area contributed by atoms with Gasteiger partial charge in [-0.05, 0) is 37.8 Å². The molecule has 7 heteroatoms. The number of aliphatic imine (C=N–C) groups is 1. The van der Waals surface area contributed by atoms with Crippen molar-refractivity contribution < 1.29 is 4.74 Å². The third-order valence-electron chi connectivity index (χ3n) is 4.14. The van der Waals surface area contributed by atoms with Gasteiger partial charge in [0.25, 0.3) is 0 Å². The fourth-order valence-corrected chi connectivity index (χ4v) is 2.70. The molecule has 0 aliphatic rings. The number of unbranched alkanes of at least 4 members (excludes halogenated alkanes) is 1. The maximum absolute atomic E-state index is 5.38. The van der Waals surface area contributed by atoms with Crippen molar-refractivity contribution in [3.63, 3.8) is 0 Å². The first-order chi connectivity index (χ1) is 12.2. The second-order valence-electron chi connectivity index (χ2n) is 5.86. The highest BCUT2D eigenvalue weighted by molar-refractivity contribution is 14.0. The average molecular weight is 471 g/mol. The summed E-state index contributed by atoms with van der Waals surface area (Å²) in [6.45, 7) is 4.76. The summed E-state index contributed by atoms with van der Waals surface area (Å²) in [6, 6.07) is 8.10. The standard InChI is InChI=1S/C19H29N5O.HI/c1-16-21-13-15-24(16)14-7-6-11-22-19(20-2)23-12-10-17-8-4-5-9-18(17)25-3;/h4-5,8-9,13,15H,6-7,10-12,14H2,1-3H3,(H2,20,22,23);1H. The molecule has 0 atom stereocenters. The van der Waals surface area contributed by atoms with Gasteiger partial charge in [-0.25, -0.2) is 4.98 Å². The summed E-state index contributed by atoms with van der Waals surface area (Å²) in [5.74, 6) is 2.84. The minimum atomic E-state index is 0. The Morgan fingerprint density at radius 3 is 2.65 bits per heavy atom. The monoisotopic (exact) mass is 471 g/mol. The van der Waals surface area contributed by atoms with Crippen molar-refractivity contribution in [3.05, 3.63) is 48.0 Å². The van der Waals surface area contributed by atoms with Crippen molar-refractivity contribution >= 4 is 29.9 Å². The van der Waals surface area contributed by atoms with E-state index in [0.717, 1.165) is 56.4 Å². The van der Waals surface area contributed by atoms with Gasteiger partial charge in [0.1, 0.15) is 11.6 Å². The molecule has 0 spiro atoms. The van der Waals surface area contributed by atoms with E-state index >= 15 is 0 Å². The summed E-state index contributed by atoms with van der Waals surface area (Å²) < 4.78 is 7.56. The fraction of sp³-hybridized carbons (Fsp3) is 0.474. The first kappa shape index (κ1) is 22.3. The third-order valence-corrected chi connectivity index (χ3v) is 4.14. The van der Waals surface area contributed by atoms with Crippen molar-refractivity contribution in [1.29, 1.82) is 0 Å². The van der Waals surface area contributed by atoms with Crippen LogP contribution in [0.25, 0.3) is 0 Å². The molecule has 0 radical (unpaired) electrons. The lowest BCUT2D eigenvalue weighted by Crippen LogP contribution is -2.38. The van der Waals surface area contributed by atoms with Gasteiger partial charge in [-0.15, -0.1) is 24.0 Å². The van der Waals surface area contributed by atoms with Crippen molar-refractivity contribution in [3.8, 4) is 5.75 Å². The van der Waals surface area contributed by atoms with E-state index in [2.05, 4.69) is 31.2 Å². The van der Waals surface area contributed by atoms with Crippen LogP contribution in [0.2, 0.25) is 0 Å². The number of hydrogen-bond acceptors (Lipinski definition) is 3. The lowest BCUT2D eigenvalue weighted by Gasteiger charge is -2.13. The van der Waals surface area contributed by atoms with Crippen LogP contribution in [0.4, 0.5) is 0 Å². The largest absolute Gasteiger partial charge is 0.496 e. The van der Waals surface area contributed by atoms with Crippen molar-refractivity contribution in [2.24, 2.45) is 4.99 Å². The second-order valence-corrected chi connectivity index (χ2v) is 5.86. The van der Waals surface area contributed by atoms with Crippen LogP contribution in [0.5, 0.6) is 5.75 Å². The number of ether oxygens (including phenoxy) is 1. The Morgan fingerprint density at radius 2 is 1.96 bits per heavy atom. The SMILES string of the molecule is CN=C(NCCCCn1ccnc1C)NCCc1ccccc1OC.I. The van der Waals surface area contributed by atoms with E-state index in [1.807, 2.05) is 37.5 Å². The minimum Gasteiger partial charge on any atom is -0.496 e. The predicted molar refractivity (Wildman–Crippen MR) is 118 cm³/mol. The van der Waals surface area contributed by atoms with Crippen LogP contribution in [0, 0.1) is 6.92 Å². The Balaban J connectivity index is 0.00000338. The van der Waals surface area contributed by atoms with Crippen LogP contribution < -0.4 is 15.4 Å². The molecular weight excluding hydrogens is 441 g/mol. The number of methoxy groups -OCH3 is 1. The number of aryl methyl sites for hydroxylation is 2. The molecule has 2 rings (SSSR count). The minimum absolute atomic E-state index is 0. The van der Waals surface area contributed by atoms with E-state index in [-0.39, 0.29) is 24.0 Å². The summed E-state index contributed by atoms with van der Waals surface area (Å²) in [5, 5.41) is 6.71. The lowest BCUT2D eigenvalue weighted by atomic mass is 10.1. The molecule has 144 valence electrons. The highest BCUT2D eigenvalue weighted by Gasteiger charge is 2.02. The molecule has 0 saturated heterocycles. The van der Waals surface area contributed by atoms with Crippen molar-refractivity contribution in [2.75, 3.05) is 27.2 Å². The highest BCUT2D eigenvalue weighted by Crippen LogP contribution is 2.17. The first-order valence-electron chi connectivity index (χ1n) is 8.78. The quantitative estimate of drug-likeness (QED) is 0.256. The van der Waals surface area contributed by atoms with Crippen LogP contribution >= 0.6 is 24.0 Å². The number of imidazole rings is 1. The molecule has 1 aromatic carbocycles. The molecule has 0 aliphatic carbocycles. The van der Waals surface area contributed by atoms with Gasteiger partial charge in [0.05, 0.1) is 7.11 Å². The number of nitrogens with zero attached hydrogens (tertiary/aromatic N) is 3. The van der Waals surface area contributed by atoms with E-state index in [4.69, 9.17) is 4.74 Å². The Hall–Kier alpha value is -1.77. The van der Waals surface area contributed by atoms with Crippen LogP contribution in [0.3, 0.4) is 0 Å². The fourth-order valence-electron chi connectivity index (χ4n) is 2.70. The average Bonchev–Trinajstić information content (AvgIpc) is 3.05. The van der Waals surface area contributed by atoms with Crippen LogP contribution in [0.15, 0.2) is 41.7 Å². The molecule has 0 aliphatic heterocycles. The zero-order valence-corrected chi connectivity index (χ0v) is 18.2. The van der Waals surface area contributed by atoms with E-state index in [0.29, 0.717) is 0 Å². The van der Waals surface area contributed by atoms with Gasteiger partial charge in [-0.3, -0.25) is 4.99 Å². The Morgan fingerprint density at radius 1 is 1.19 bits per heavy atom. The normalized spacial score (nSPS) is 11.0. The molecule has 2 N–H and O–H groups in total. The summed E-state index contributed by atoms with van der Waals surface area (Å²) >= 11 is 0. The number of benzene rings is 1. The molecule has 0 saturated carbocycles. The molecule has 0 bridgehead atoms. The maximum Gasteiger partial charge on any atom is 0.190 e. The van der Waals surface area contributed by atoms with Gasteiger partial charge < -0.3 is 19.9 Å². The van der Waals surface area contributed by atoms with E-state index in [9.17, 15) is 0 Å². The van der Waals surface area contributed by atoms with Crippen LogP contribution in [-0.2, 0) is 13.0 Å². The summed E-state index contributed by atoms with van der Waals surface area (Å²) in [6.07, 6.45) is 6.97. The molecule has 2 aromatic rings. The smallest absolute Gasteiger partial charge is 0.190 e. The Bertz CT molecular complexity index is 671. The zero-order chi connectivity index (χ0) is 17.9. The van der Waals surface area contributed by atoms with Gasteiger partial charge >= 0.3 is 0 Å². The molecule has 1 aromatic heterocycles.